The molecule has 2 rings (SSSR count). The van der Waals surface area contributed by atoms with Crippen LogP contribution < -0.4 is 5.32 Å². The van der Waals surface area contributed by atoms with Gasteiger partial charge >= 0.3 is 0 Å². The maximum atomic E-state index is 12.8. The highest BCUT2D eigenvalue weighted by Crippen LogP contribution is 2.13. The maximum absolute atomic E-state index is 12.8. The van der Waals surface area contributed by atoms with Gasteiger partial charge in [-0.1, -0.05) is 30.3 Å². The Balaban J connectivity index is 2.04. The molecule has 104 valence electrons. The number of halogens is 1. The normalized spacial score (nSPS) is 11.2. The van der Waals surface area contributed by atoms with Crippen LogP contribution in [0.1, 0.15) is 29.8 Å². The molecule has 0 aliphatic rings. The summed E-state index contributed by atoms with van der Waals surface area (Å²) in [7, 11) is 0. The van der Waals surface area contributed by atoms with E-state index in [1.807, 2.05) is 44.2 Å². The van der Waals surface area contributed by atoms with Crippen molar-refractivity contribution in [3.05, 3.63) is 71.5 Å². The van der Waals surface area contributed by atoms with Crippen LogP contribution in [0.5, 0.6) is 0 Å². The molecular weight excluding hydrogens is 253 g/mol. The minimum absolute atomic E-state index is 0.189. The number of amides is 1. The number of rotatable bonds is 4. The summed E-state index contributed by atoms with van der Waals surface area (Å²) in [5.41, 5.74) is 1.26. The van der Waals surface area contributed by atoms with E-state index in [1.165, 1.54) is 24.3 Å². The van der Waals surface area contributed by atoms with Crippen molar-refractivity contribution in [1.29, 1.82) is 0 Å². The van der Waals surface area contributed by atoms with Crippen LogP contribution in [0.2, 0.25) is 0 Å². The smallest absolute Gasteiger partial charge is 0.251 e. The highest BCUT2D eigenvalue weighted by molar-refractivity contribution is 5.94. The molecule has 0 heterocycles. The summed E-state index contributed by atoms with van der Waals surface area (Å²) in [6, 6.07) is 15.6. The largest absolute Gasteiger partial charge is 0.347 e. The number of nitrogens with one attached hydrogen (secondary N) is 1. The van der Waals surface area contributed by atoms with Gasteiger partial charge in [-0.15, -0.1) is 0 Å². The molecule has 0 unspecified atom stereocenters. The lowest BCUT2D eigenvalue weighted by atomic mass is 9.94. The average molecular weight is 271 g/mol. The zero-order valence-electron chi connectivity index (χ0n) is 11.7. The number of hydrogen-bond acceptors (Lipinski definition) is 1. The lowest BCUT2D eigenvalue weighted by molar-refractivity contribution is 0.0913. The van der Waals surface area contributed by atoms with E-state index in [2.05, 4.69) is 5.32 Å². The Hall–Kier alpha value is -2.16. The number of carbonyl (C=O) groups is 1. The second-order valence-electron chi connectivity index (χ2n) is 5.51. The van der Waals surface area contributed by atoms with Crippen molar-refractivity contribution in [2.45, 2.75) is 25.8 Å². The Morgan fingerprint density at radius 1 is 1.05 bits per heavy atom. The molecule has 0 spiro atoms. The fraction of sp³-hybridized carbons (Fsp3) is 0.235. The van der Waals surface area contributed by atoms with E-state index in [0.29, 0.717) is 5.56 Å². The maximum Gasteiger partial charge on any atom is 0.251 e. The molecule has 0 aromatic heterocycles. The van der Waals surface area contributed by atoms with Crippen molar-refractivity contribution in [2.24, 2.45) is 0 Å². The molecule has 0 radical (unpaired) electrons. The summed E-state index contributed by atoms with van der Waals surface area (Å²) in [6.07, 6.45) is 0.737. The van der Waals surface area contributed by atoms with Gasteiger partial charge in [0.25, 0.3) is 5.91 Å². The number of hydrogen-bond donors (Lipinski definition) is 1. The van der Waals surface area contributed by atoms with E-state index in [0.717, 1.165) is 12.0 Å². The van der Waals surface area contributed by atoms with E-state index < -0.39 is 0 Å². The van der Waals surface area contributed by atoms with Crippen LogP contribution in [0, 0.1) is 5.82 Å². The summed E-state index contributed by atoms with van der Waals surface area (Å²) in [5.74, 6) is -0.531. The summed E-state index contributed by atoms with van der Waals surface area (Å²) >= 11 is 0. The van der Waals surface area contributed by atoms with E-state index in [9.17, 15) is 9.18 Å². The minimum Gasteiger partial charge on any atom is -0.347 e. The quantitative estimate of drug-likeness (QED) is 0.904. The topological polar surface area (TPSA) is 29.1 Å². The van der Waals surface area contributed by atoms with Crippen LogP contribution in [-0.2, 0) is 6.42 Å². The molecule has 1 N–H and O–H groups in total. The van der Waals surface area contributed by atoms with Crippen LogP contribution in [0.15, 0.2) is 54.6 Å². The highest BCUT2D eigenvalue weighted by atomic mass is 19.1. The monoisotopic (exact) mass is 271 g/mol. The predicted molar refractivity (Wildman–Crippen MR) is 78.1 cm³/mol. The van der Waals surface area contributed by atoms with E-state index in [-0.39, 0.29) is 17.3 Å². The van der Waals surface area contributed by atoms with Gasteiger partial charge in [0.1, 0.15) is 5.82 Å². The number of benzene rings is 2. The third-order valence-electron chi connectivity index (χ3n) is 3.05. The molecule has 2 aromatic rings. The first kappa shape index (κ1) is 14.3. The van der Waals surface area contributed by atoms with Gasteiger partial charge in [0.2, 0.25) is 0 Å². The highest BCUT2D eigenvalue weighted by Gasteiger charge is 2.21. The summed E-state index contributed by atoms with van der Waals surface area (Å²) in [5, 5.41) is 2.98. The Morgan fingerprint density at radius 2 is 1.65 bits per heavy atom. The van der Waals surface area contributed by atoms with Gasteiger partial charge in [0, 0.05) is 11.1 Å². The van der Waals surface area contributed by atoms with Crippen molar-refractivity contribution < 1.29 is 9.18 Å². The third-order valence-corrected chi connectivity index (χ3v) is 3.05. The van der Waals surface area contributed by atoms with E-state index >= 15 is 0 Å². The Kier molecular flexibility index (Phi) is 4.18. The van der Waals surface area contributed by atoms with Crippen LogP contribution in [0.3, 0.4) is 0 Å². The van der Waals surface area contributed by atoms with Gasteiger partial charge in [0.15, 0.2) is 0 Å². The zero-order chi connectivity index (χ0) is 14.6. The molecule has 0 bridgehead atoms. The van der Waals surface area contributed by atoms with Crippen LogP contribution in [0.25, 0.3) is 0 Å². The van der Waals surface area contributed by atoms with Crippen LogP contribution in [-0.4, -0.2) is 11.4 Å². The lowest BCUT2D eigenvalue weighted by Crippen LogP contribution is -2.45. The molecule has 3 heteroatoms. The first-order chi connectivity index (χ1) is 9.46. The zero-order valence-corrected chi connectivity index (χ0v) is 11.7. The molecule has 0 fully saturated rings. The predicted octanol–water partition coefficient (Wildman–Crippen LogP) is 3.58. The van der Waals surface area contributed by atoms with Crippen molar-refractivity contribution >= 4 is 5.91 Å². The van der Waals surface area contributed by atoms with Crippen molar-refractivity contribution in [1.82, 2.24) is 5.32 Å². The Morgan fingerprint density at radius 3 is 2.25 bits per heavy atom. The average Bonchev–Trinajstić information content (AvgIpc) is 2.39. The van der Waals surface area contributed by atoms with E-state index in [4.69, 9.17) is 0 Å². The van der Waals surface area contributed by atoms with Crippen molar-refractivity contribution in [3.63, 3.8) is 0 Å². The minimum atomic E-state index is -0.368. The van der Waals surface area contributed by atoms with Crippen LogP contribution >= 0.6 is 0 Å². The molecule has 2 aromatic carbocycles. The summed E-state index contributed by atoms with van der Waals surface area (Å²) < 4.78 is 12.8. The molecule has 0 aliphatic heterocycles. The molecule has 2 nitrogen and oxygen atoms in total. The van der Waals surface area contributed by atoms with Crippen molar-refractivity contribution in [3.8, 4) is 0 Å². The molecule has 0 saturated carbocycles. The van der Waals surface area contributed by atoms with Crippen LogP contribution in [0.4, 0.5) is 4.39 Å². The summed E-state index contributed by atoms with van der Waals surface area (Å²) in [4.78, 5) is 12.1. The third kappa shape index (κ3) is 3.92. The molecule has 1 amide bonds. The summed E-state index contributed by atoms with van der Waals surface area (Å²) in [6.45, 7) is 3.95. The van der Waals surface area contributed by atoms with Gasteiger partial charge in [-0.2, -0.15) is 0 Å². The molecule has 20 heavy (non-hydrogen) atoms. The van der Waals surface area contributed by atoms with Gasteiger partial charge in [-0.3, -0.25) is 4.79 Å². The Labute approximate surface area is 118 Å². The lowest BCUT2D eigenvalue weighted by Gasteiger charge is -2.26. The SMILES string of the molecule is CC(C)(Cc1ccccc1)NC(=O)c1ccc(F)cc1. The van der Waals surface area contributed by atoms with Crippen molar-refractivity contribution in [2.75, 3.05) is 0 Å². The van der Waals surface area contributed by atoms with Gasteiger partial charge in [-0.25, -0.2) is 4.39 Å². The number of carbonyl (C=O) groups excluding carboxylic acids is 1. The van der Waals surface area contributed by atoms with Gasteiger partial charge < -0.3 is 5.32 Å². The second kappa shape index (κ2) is 5.87. The first-order valence-corrected chi connectivity index (χ1v) is 6.58. The standard InChI is InChI=1S/C17H18FNO/c1-17(2,12-13-6-4-3-5-7-13)19-16(20)14-8-10-15(18)11-9-14/h3-11H,12H2,1-2H3,(H,19,20). The fourth-order valence-electron chi connectivity index (χ4n) is 2.13. The van der Waals surface area contributed by atoms with Gasteiger partial charge in [-0.05, 0) is 50.1 Å². The molecular formula is C17H18FNO. The fourth-order valence-corrected chi connectivity index (χ4v) is 2.13. The second-order valence-corrected chi connectivity index (χ2v) is 5.51. The Bertz CT molecular complexity index is 576. The molecule has 0 saturated heterocycles. The molecule has 0 atom stereocenters. The van der Waals surface area contributed by atoms with E-state index in [1.54, 1.807) is 0 Å². The first-order valence-electron chi connectivity index (χ1n) is 6.58. The molecule has 0 aliphatic carbocycles. The van der Waals surface area contributed by atoms with Gasteiger partial charge in [0.05, 0.1) is 0 Å².